The summed E-state index contributed by atoms with van der Waals surface area (Å²) >= 11 is 3.32. The minimum Gasteiger partial charge on any atom is -0.338 e. The van der Waals surface area contributed by atoms with Gasteiger partial charge in [-0.25, -0.2) is 4.98 Å². The lowest BCUT2D eigenvalue weighted by atomic mass is 10.1. The molecule has 7 heteroatoms. The Morgan fingerprint density at radius 2 is 1.85 bits per heavy atom. The third kappa shape index (κ3) is 3.14. The number of rotatable bonds is 3. The third-order valence-electron chi connectivity index (χ3n) is 4.76. The third-order valence-corrected chi connectivity index (χ3v) is 5.22. The predicted molar refractivity (Wildman–Crippen MR) is 105 cm³/mol. The molecule has 2 aromatic heterocycles. The molecule has 0 atom stereocenters. The summed E-state index contributed by atoms with van der Waals surface area (Å²) in [5, 5.41) is 1.08. The molecule has 0 bridgehead atoms. The van der Waals surface area contributed by atoms with E-state index in [4.69, 9.17) is 0 Å². The minimum atomic E-state index is -4.28. The fraction of sp³-hybridized carbons (Fsp3) is 0.250. The number of para-hydroxylation sites is 1. The number of halogens is 4. The highest BCUT2D eigenvalue weighted by Crippen LogP contribution is 2.34. The minimum absolute atomic E-state index is 0.215. The van der Waals surface area contributed by atoms with Crippen molar-refractivity contribution in [2.45, 2.75) is 26.1 Å². The zero-order valence-electron chi connectivity index (χ0n) is 14.8. The van der Waals surface area contributed by atoms with Gasteiger partial charge in [0.2, 0.25) is 0 Å². The van der Waals surface area contributed by atoms with E-state index in [9.17, 15) is 13.2 Å². The standard InChI is InChI=1S/C20H17BrF3N3/c1-3-27-16-7-5-4-6-12(16)9-17(27)19-25-15-10-14(21)8-13(11-20(22,23)24)18(15)26(19)2/h4-10H,3,11H2,1-2H3. The van der Waals surface area contributed by atoms with Crippen LogP contribution in [0.3, 0.4) is 0 Å². The average Bonchev–Trinajstić information content (AvgIpc) is 3.10. The molecule has 0 aliphatic rings. The van der Waals surface area contributed by atoms with Gasteiger partial charge < -0.3 is 9.13 Å². The van der Waals surface area contributed by atoms with Crippen LogP contribution in [-0.4, -0.2) is 20.3 Å². The Balaban J connectivity index is 1.99. The Morgan fingerprint density at radius 1 is 1.11 bits per heavy atom. The first-order chi connectivity index (χ1) is 12.8. The van der Waals surface area contributed by atoms with Crippen LogP contribution in [0.1, 0.15) is 12.5 Å². The summed E-state index contributed by atoms with van der Waals surface area (Å²) in [7, 11) is 1.77. The summed E-state index contributed by atoms with van der Waals surface area (Å²) in [6.45, 7) is 2.79. The number of hydrogen-bond acceptors (Lipinski definition) is 1. The van der Waals surface area contributed by atoms with Gasteiger partial charge in [0.25, 0.3) is 0 Å². The van der Waals surface area contributed by atoms with E-state index < -0.39 is 12.6 Å². The summed E-state index contributed by atoms with van der Waals surface area (Å²) < 4.78 is 43.7. The molecule has 3 nitrogen and oxygen atoms in total. The van der Waals surface area contributed by atoms with Crippen molar-refractivity contribution >= 4 is 37.9 Å². The van der Waals surface area contributed by atoms with Gasteiger partial charge in [0, 0.05) is 29.0 Å². The largest absolute Gasteiger partial charge is 0.393 e. The molecule has 2 heterocycles. The number of imidazole rings is 1. The van der Waals surface area contributed by atoms with Crippen molar-refractivity contribution in [1.82, 2.24) is 14.1 Å². The summed E-state index contributed by atoms with van der Waals surface area (Å²) in [5.41, 5.74) is 3.25. The van der Waals surface area contributed by atoms with Gasteiger partial charge in [-0.1, -0.05) is 34.1 Å². The van der Waals surface area contributed by atoms with Crippen LogP contribution < -0.4 is 0 Å². The van der Waals surface area contributed by atoms with E-state index in [2.05, 4.69) is 25.5 Å². The molecule has 0 amide bonds. The second-order valence-corrected chi connectivity index (χ2v) is 7.47. The van der Waals surface area contributed by atoms with Gasteiger partial charge in [0.1, 0.15) is 0 Å². The molecule has 0 spiro atoms. The van der Waals surface area contributed by atoms with Crippen LogP contribution in [0.5, 0.6) is 0 Å². The van der Waals surface area contributed by atoms with Gasteiger partial charge in [0.05, 0.1) is 23.1 Å². The van der Waals surface area contributed by atoms with E-state index in [0.717, 1.165) is 23.1 Å². The predicted octanol–water partition coefficient (Wildman–Crippen LogP) is 6.08. The van der Waals surface area contributed by atoms with Gasteiger partial charge >= 0.3 is 6.18 Å². The molecule has 0 aliphatic carbocycles. The van der Waals surface area contributed by atoms with Gasteiger partial charge in [-0.3, -0.25) is 0 Å². The highest BCUT2D eigenvalue weighted by atomic mass is 79.9. The van der Waals surface area contributed by atoms with Crippen LogP contribution in [0, 0.1) is 0 Å². The van der Waals surface area contributed by atoms with E-state index in [-0.39, 0.29) is 5.56 Å². The number of nitrogens with zero attached hydrogens (tertiary/aromatic N) is 3. The summed E-state index contributed by atoms with van der Waals surface area (Å²) in [6, 6.07) is 13.3. The maximum atomic E-state index is 13.1. The van der Waals surface area contributed by atoms with Gasteiger partial charge in [-0.2, -0.15) is 13.2 Å². The van der Waals surface area contributed by atoms with Gasteiger partial charge in [0.15, 0.2) is 5.82 Å². The summed E-state index contributed by atoms with van der Waals surface area (Å²) in [5.74, 6) is 0.657. The van der Waals surface area contributed by atoms with Gasteiger partial charge in [-0.15, -0.1) is 0 Å². The van der Waals surface area contributed by atoms with Crippen LogP contribution in [0.15, 0.2) is 46.9 Å². The molecule has 4 aromatic rings. The van der Waals surface area contributed by atoms with Crippen molar-refractivity contribution in [2.24, 2.45) is 7.05 Å². The molecular formula is C20H17BrF3N3. The number of aryl methyl sites for hydroxylation is 2. The van der Waals surface area contributed by atoms with E-state index in [1.807, 2.05) is 37.3 Å². The highest BCUT2D eigenvalue weighted by Gasteiger charge is 2.30. The molecule has 0 aliphatic heterocycles. The number of alkyl halides is 3. The smallest absolute Gasteiger partial charge is 0.338 e. The van der Waals surface area contributed by atoms with Crippen LogP contribution >= 0.6 is 15.9 Å². The van der Waals surface area contributed by atoms with Gasteiger partial charge in [-0.05, 0) is 36.8 Å². The monoisotopic (exact) mass is 435 g/mol. The topological polar surface area (TPSA) is 22.8 Å². The molecule has 2 aromatic carbocycles. The average molecular weight is 436 g/mol. The fourth-order valence-electron chi connectivity index (χ4n) is 3.72. The van der Waals surface area contributed by atoms with Crippen molar-refractivity contribution in [3.8, 4) is 11.5 Å². The molecule has 0 saturated heterocycles. The second-order valence-electron chi connectivity index (χ2n) is 6.55. The maximum Gasteiger partial charge on any atom is 0.393 e. The van der Waals surface area contributed by atoms with Crippen LogP contribution in [-0.2, 0) is 20.0 Å². The molecule has 0 N–H and O–H groups in total. The first-order valence-corrected chi connectivity index (χ1v) is 9.38. The van der Waals surface area contributed by atoms with E-state index in [1.165, 1.54) is 6.07 Å². The lowest BCUT2D eigenvalue weighted by molar-refractivity contribution is -0.127. The molecule has 0 fully saturated rings. The molecule has 0 radical (unpaired) electrons. The first-order valence-electron chi connectivity index (χ1n) is 8.58. The number of benzene rings is 2. The van der Waals surface area contributed by atoms with Crippen LogP contribution in [0.2, 0.25) is 0 Å². The molecule has 140 valence electrons. The Bertz CT molecular complexity index is 1150. The van der Waals surface area contributed by atoms with Crippen molar-refractivity contribution in [2.75, 3.05) is 0 Å². The molecular weight excluding hydrogens is 419 g/mol. The zero-order chi connectivity index (χ0) is 19.3. The summed E-state index contributed by atoms with van der Waals surface area (Å²) in [6.07, 6.45) is -5.27. The first kappa shape index (κ1) is 18.1. The van der Waals surface area contributed by atoms with Crippen molar-refractivity contribution < 1.29 is 13.2 Å². The van der Waals surface area contributed by atoms with E-state index in [0.29, 0.717) is 21.3 Å². The van der Waals surface area contributed by atoms with Crippen molar-refractivity contribution in [3.05, 3.63) is 52.5 Å². The molecule has 0 saturated carbocycles. The number of fused-ring (bicyclic) bond motifs is 2. The quantitative estimate of drug-likeness (QED) is 0.382. The van der Waals surface area contributed by atoms with Crippen molar-refractivity contribution in [1.29, 1.82) is 0 Å². The molecule has 4 rings (SSSR count). The summed E-state index contributed by atoms with van der Waals surface area (Å²) in [4.78, 5) is 4.68. The highest BCUT2D eigenvalue weighted by molar-refractivity contribution is 9.10. The lowest BCUT2D eigenvalue weighted by Crippen LogP contribution is -2.12. The molecule has 27 heavy (non-hydrogen) atoms. The Hall–Kier alpha value is -2.28. The number of aromatic nitrogens is 3. The lowest BCUT2D eigenvalue weighted by Gasteiger charge is -2.11. The Kier molecular flexibility index (Phi) is 4.29. The number of hydrogen-bond donors (Lipinski definition) is 0. The van der Waals surface area contributed by atoms with Crippen LogP contribution in [0.25, 0.3) is 33.5 Å². The Morgan fingerprint density at radius 3 is 2.56 bits per heavy atom. The zero-order valence-corrected chi connectivity index (χ0v) is 16.4. The molecule has 0 unspecified atom stereocenters. The van der Waals surface area contributed by atoms with Crippen LogP contribution in [0.4, 0.5) is 13.2 Å². The second kappa shape index (κ2) is 6.41. The van der Waals surface area contributed by atoms with E-state index in [1.54, 1.807) is 17.7 Å². The van der Waals surface area contributed by atoms with Crippen molar-refractivity contribution in [3.63, 3.8) is 0 Å². The van der Waals surface area contributed by atoms with E-state index >= 15 is 0 Å². The SMILES string of the molecule is CCn1c(-c2nc3cc(Br)cc(CC(F)(F)F)c3n2C)cc2ccccc21. The normalized spacial score (nSPS) is 12.4. The Labute approximate surface area is 162 Å². The fourth-order valence-corrected chi connectivity index (χ4v) is 4.22. The maximum absolute atomic E-state index is 13.1.